The number of alkyl halides is 6. The zero-order valence-electron chi connectivity index (χ0n) is 27.0. The smallest absolute Gasteiger partial charge is 0.356 e. The van der Waals surface area contributed by atoms with E-state index in [1.807, 2.05) is 30.4 Å². The molecule has 0 unspecified atom stereocenters. The van der Waals surface area contributed by atoms with Gasteiger partial charge in [0.15, 0.2) is 5.70 Å². The number of carbonyl (C=O) groups excluding carboxylic acids is 2. The van der Waals surface area contributed by atoms with Crippen molar-refractivity contribution in [2.24, 2.45) is 0 Å². The zero-order valence-corrected chi connectivity index (χ0v) is 27.0. The van der Waals surface area contributed by atoms with Gasteiger partial charge in [-0.25, -0.2) is 13.2 Å². The van der Waals surface area contributed by atoms with E-state index in [0.29, 0.717) is 34.9 Å². The van der Waals surface area contributed by atoms with Crippen LogP contribution in [0.15, 0.2) is 90.8 Å². The molecule has 0 saturated heterocycles. The molecule has 266 valence electrons. The molecule has 0 fully saturated rings. The van der Waals surface area contributed by atoms with Crippen LogP contribution >= 0.6 is 0 Å². The Morgan fingerprint density at radius 3 is 2.40 bits per heavy atom. The Balaban J connectivity index is 1.09. The summed E-state index contributed by atoms with van der Waals surface area (Å²) in [4.78, 5) is 30.0. The zero-order chi connectivity index (χ0) is 37.2. The topological polar surface area (TPSA) is 73.1 Å². The highest BCUT2D eigenvalue weighted by Gasteiger charge is 2.48. The second-order valence-electron chi connectivity index (χ2n) is 11.8. The van der Waals surface area contributed by atoms with Gasteiger partial charge in [-0.05, 0) is 72.6 Å². The molecule has 7 nitrogen and oxygen atoms in total. The predicted molar refractivity (Wildman–Crippen MR) is 177 cm³/mol. The van der Waals surface area contributed by atoms with Crippen molar-refractivity contribution < 1.29 is 49.1 Å². The van der Waals surface area contributed by atoms with Crippen LogP contribution in [0.1, 0.15) is 40.2 Å². The lowest BCUT2D eigenvalue weighted by Gasteiger charge is -2.22. The molecule has 4 aromatic rings. The molecule has 6 rings (SSSR count). The average Bonchev–Trinajstić information content (AvgIpc) is 3.86. The normalized spacial score (nSPS) is 13.7. The largest absolute Gasteiger partial charge is 0.846 e. The molecule has 2 aliphatic heterocycles. The predicted octanol–water partition coefficient (Wildman–Crippen LogP) is 6.55. The standard InChI is InChI=1S/C36H26BF8N5O2/c38-25-7-9-26(10-8-25)48(34(52)20-23-5-6-24(35(39,40)41)21-30(23)36(42,43)44)19-2-1-17-47-33(51)16-14-27-11-12-28-22-29-13-15-32(31-4-3-18-46-31)50(29)37(45)49(27)28/h3-13,15,18,21-22H,14,16-17,19-20H2,(H,47,51)/p+1. The molecule has 52 heavy (non-hydrogen) atoms. The summed E-state index contributed by atoms with van der Waals surface area (Å²) in [5.41, 5.74) is -0.399. The number of nitrogens with zero attached hydrogens (tertiary/aromatic N) is 3. The summed E-state index contributed by atoms with van der Waals surface area (Å²) in [6.45, 7) is -0.557. The van der Waals surface area contributed by atoms with Crippen LogP contribution in [0.4, 0.5) is 40.7 Å². The maximum atomic E-state index is 15.9. The number of aromatic amines is 1. The minimum atomic E-state index is -5.18. The van der Waals surface area contributed by atoms with Crippen molar-refractivity contribution >= 4 is 36.5 Å². The third-order valence-electron chi connectivity index (χ3n) is 8.45. The van der Waals surface area contributed by atoms with E-state index in [1.165, 1.54) is 16.6 Å². The van der Waals surface area contributed by atoms with Crippen molar-refractivity contribution in [1.82, 2.24) is 14.8 Å². The van der Waals surface area contributed by atoms with Gasteiger partial charge >= 0.3 is 19.6 Å². The number of aryl methyl sites for hydroxylation is 1. The van der Waals surface area contributed by atoms with Crippen LogP contribution < -0.4 is 10.2 Å². The Labute approximate surface area is 292 Å². The van der Waals surface area contributed by atoms with Crippen LogP contribution in [0.5, 0.6) is 0 Å². The van der Waals surface area contributed by atoms with Crippen molar-refractivity contribution in [3.8, 4) is 11.8 Å². The first-order valence-electron chi connectivity index (χ1n) is 15.8. The fourth-order valence-corrected chi connectivity index (χ4v) is 5.93. The Bertz CT molecular complexity index is 2150. The lowest BCUT2D eigenvalue weighted by Crippen LogP contribution is -2.40. The van der Waals surface area contributed by atoms with Crippen LogP contribution in [0, 0.1) is 17.7 Å². The molecule has 0 radical (unpaired) electrons. The first-order valence-corrected chi connectivity index (χ1v) is 15.8. The van der Waals surface area contributed by atoms with Gasteiger partial charge in [0.2, 0.25) is 17.5 Å². The second kappa shape index (κ2) is 14.4. The van der Waals surface area contributed by atoms with Crippen molar-refractivity contribution in [3.63, 3.8) is 0 Å². The summed E-state index contributed by atoms with van der Waals surface area (Å²) >= 11 is 0. The molecule has 0 saturated carbocycles. The number of H-pyrrole nitrogens is 1. The number of aromatic nitrogens is 2. The lowest BCUT2D eigenvalue weighted by atomic mass is 9.96. The number of hydrogen-bond donors (Lipinski definition) is 2. The highest BCUT2D eigenvalue weighted by atomic mass is 19.4. The Morgan fingerprint density at radius 2 is 1.71 bits per heavy atom. The lowest BCUT2D eigenvalue weighted by molar-refractivity contribution is -0.333. The summed E-state index contributed by atoms with van der Waals surface area (Å²) in [6.07, 6.45) is -3.70. The summed E-state index contributed by atoms with van der Waals surface area (Å²) < 4.78 is 113. The Kier molecular flexibility index (Phi) is 9.97. The number of fused-ring (bicyclic) bond motifs is 2. The third kappa shape index (κ3) is 7.73. The van der Waals surface area contributed by atoms with Gasteiger partial charge in [0.05, 0.1) is 30.6 Å². The van der Waals surface area contributed by atoms with Crippen molar-refractivity contribution in [3.05, 3.63) is 130 Å². The highest BCUT2D eigenvalue weighted by Crippen LogP contribution is 2.38. The number of rotatable bonds is 9. The minimum Gasteiger partial charge on any atom is -0.356 e. The number of carbonyl (C=O) groups is 2. The first-order chi connectivity index (χ1) is 24.7. The van der Waals surface area contributed by atoms with Crippen LogP contribution in [0.2, 0.25) is 0 Å². The molecule has 4 heterocycles. The fraction of sp³-hybridized carbons (Fsp3) is 0.194. The maximum Gasteiger partial charge on any atom is 0.846 e. The number of benzene rings is 2. The van der Waals surface area contributed by atoms with E-state index in [1.54, 1.807) is 22.8 Å². The molecular formula is C36H27BF8N5O2+. The number of nitrogens with one attached hydrogen (secondary N) is 2. The third-order valence-corrected chi connectivity index (χ3v) is 8.45. The van der Waals surface area contributed by atoms with Crippen LogP contribution in [-0.2, 0) is 34.8 Å². The number of hydrogen-bond acceptors (Lipinski definition) is 2. The van der Waals surface area contributed by atoms with Crippen molar-refractivity contribution in [2.75, 3.05) is 18.0 Å². The van der Waals surface area contributed by atoms with Gasteiger partial charge in [-0.15, -0.1) is 0 Å². The van der Waals surface area contributed by atoms with Gasteiger partial charge in [0.25, 0.3) is 0 Å². The number of amides is 2. The van der Waals surface area contributed by atoms with Crippen LogP contribution in [-0.4, -0.2) is 51.8 Å². The highest BCUT2D eigenvalue weighted by molar-refractivity contribution is 6.43. The first kappa shape index (κ1) is 36.0. The second-order valence-corrected chi connectivity index (χ2v) is 11.8. The Morgan fingerprint density at radius 1 is 0.942 bits per heavy atom. The van der Waals surface area contributed by atoms with Crippen LogP contribution in [0.3, 0.4) is 0 Å². The van der Waals surface area contributed by atoms with Gasteiger partial charge < -0.3 is 15.2 Å². The molecule has 0 bridgehead atoms. The van der Waals surface area contributed by atoms with E-state index in [9.17, 15) is 40.3 Å². The molecule has 2 aromatic carbocycles. The monoisotopic (exact) mass is 724 g/mol. The SMILES string of the molecule is O=C(CCc1ccc2n1B(F)[N+]1=C(c3ccc[nH]3)C=CC1=C2)NCC#CCN(C(=O)Cc1ccc(C(F)(F)F)cc1C(F)(F)F)c1ccc(F)cc1. The molecular weight excluding hydrogens is 697 g/mol. The molecule has 2 aromatic heterocycles. The summed E-state index contributed by atoms with van der Waals surface area (Å²) in [5, 5.41) is 2.60. The summed E-state index contributed by atoms with van der Waals surface area (Å²) in [7, 11) is -1.55. The molecule has 2 amide bonds. The Hall–Kier alpha value is -5.85. The van der Waals surface area contributed by atoms with Gasteiger partial charge in [0.1, 0.15) is 11.5 Å². The van der Waals surface area contributed by atoms with Crippen LogP contribution in [0.25, 0.3) is 6.08 Å². The van der Waals surface area contributed by atoms with Gasteiger partial charge in [-0.1, -0.05) is 17.9 Å². The van der Waals surface area contributed by atoms with Gasteiger partial charge in [0, 0.05) is 47.9 Å². The van der Waals surface area contributed by atoms with E-state index in [4.69, 9.17) is 0 Å². The van der Waals surface area contributed by atoms with E-state index in [2.05, 4.69) is 22.1 Å². The average molecular weight is 724 g/mol. The molecule has 2 aliphatic rings. The summed E-state index contributed by atoms with van der Waals surface area (Å²) in [6, 6.07) is 12.6. The van der Waals surface area contributed by atoms with Crippen molar-refractivity contribution in [1.29, 1.82) is 0 Å². The number of allylic oxidation sites excluding steroid dienone is 2. The molecule has 0 atom stereocenters. The van der Waals surface area contributed by atoms with E-state index >= 15 is 4.32 Å². The summed E-state index contributed by atoms with van der Waals surface area (Å²) in [5.74, 6) is 3.31. The van der Waals surface area contributed by atoms with E-state index in [-0.39, 0.29) is 31.1 Å². The van der Waals surface area contributed by atoms with Crippen molar-refractivity contribution in [2.45, 2.75) is 31.6 Å². The number of halogens is 8. The quantitative estimate of drug-likeness (QED) is 0.117. The maximum absolute atomic E-state index is 15.9. The number of anilines is 1. The molecule has 16 heteroatoms. The van der Waals surface area contributed by atoms with E-state index < -0.39 is 66.9 Å². The van der Waals surface area contributed by atoms with Gasteiger partial charge in [-0.3, -0.25) is 14.1 Å². The molecule has 0 spiro atoms. The minimum absolute atomic E-state index is 0.00523. The molecule has 2 N–H and O–H groups in total. The molecule has 0 aliphatic carbocycles. The van der Waals surface area contributed by atoms with E-state index in [0.717, 1.165) is 22.7 Å². The van der Waals surface area contributed by atoms with Gasteiger partial charge in [-0.2, -0.15) is 26.3 Å². The fourth-order valence-electron chi connectivity index (χ4n) is 5.93.